The van der Waals surface area contributed by atoms with Crippen LogP contribution in [0.5, 0.6) is 0 Å². The fraction of sp³-hybridized carbons (Fsp3) is 0.188. The summed E-state index contributed by atoms with van der Waals surface area (Å²) in [7, 11) is 0. The van der Waals surface area contributed by atoms with Crippen molar-refractivity contribution in [2.24, 2.45) is 0 Å². The van der Waals surface area contributed by atoms with Crippen molar-refractivity contribution in [1.82, 2.24) is 4.98 Å². The Morgan fingerprint density at radius 3 is 2.81 bits per heavy atom. The van der Waals surface area contributed by atoms with E-state index in [1.54, 1.807) is 42.3 Å². The molecule has 1 aromatic carbocycles. The van der Waals surface area contributed by atoms with Gasteiger partial charge in [-0.1, -0.05) is 6.07 Å². The van der Waals surface area contributed by atoms with Gasteiger partial charge in [-0.15, -0.1) is 0 Å². The lowest BCUT2D eigenvalue weighted by molar-refractivity contribution is -0.116. The second-order valence-corrected chi connectivity index (χ2v) is 4.93. The average Bonchev–Trinajstić information content (AvgIpc) is 2.91. The zero-order valence-electron chi connectivity index (χ0n) is 11.7. The summed E-state index contributed by atoms with van der Waals surface area (Å²) in [6.45, 7) is 2.26. The molecule has 5 nitrogen and oxygen atoms in total. The molecular formula is C16H15N3O2. The molecule has 0 saturated heterocycles. The summed E-state index contributed by atoms with van der Waals surface area (Å²) in [5, 5.41) is 2.83. The fourth-order valence-electron chi connectivity index (χ4n) is 2.50. The molecule has 1 aliphatic rings. The van der Waals surface area contributed by atoms with Crippen LogP contribution in [0.2, 0.25) is 0 Å². The van der Waals surface area contributed by atoms with Crippen LogP contribution in [0.1, 0.15) is 23.0 Å². The first kappa shape index (κ1) is 13.3. The maximum Gasteiger partial charge on any atom is 0.274 e. The van der Waals surface area contributed by atoms with Crippen LogP contribution in [-0.4, -0.2) is 23.3 Å². The first-order valence-electron chi connectivity index (χ1n) is 6.78. The second kappa shape index (κ2) is 5.36. The number of aromatic nitrogens is 1. The first-order chi connectivity index (χ1) is 10.1. The van der Waals surface area contributed by atoms with Crippen LogP contribution < -0.4 is 10.2 Å². The Hall–Kier alpha value is -2.69. The van der Waals surface area contributed by atoms with E-state index in [2.05, 4.69) is 10.3 Å². The number of hydrogen-bond acceptors (Lipinski definition) is 3. The lowest BCUT2D eigenvalue weighted by Crippen LogP contribution is -2.25. The number of anilines is 2. The van der Waals surface area contributed by atoms with Crippen LogP contribution in [0.3, 0.4) is 0 Å². The number of benzene rings is 1. The number of rotatable bonds is 2. The number of nitrogens with zero attached hydrogens (tertiary/aromatic N) is 2. The molecule has 2 aromatic rings. The van der Waals surface area contributed by atoms with Gasteiger partial charge in [0.15, 0.2) is 0 Å². The Bertz CT molecular complexity index is 698. The van der Waals surface area contributed by atoms with Gasteiger partial charge < -0.3 is 10.2 Å². The van der Waals surface area contributed by atoms with Crippen LogP contribution >= 0.6 is 0 Å². The van der Waals surface area contributed by atoms with Crippen LogP contribution in [-0.2, 0) is 11.2 Å². The van der Waals surface area contributed by atoms with Gasteiger partial charge in [-0.05, 0) is 42.3 Å². The topological polar surface area (TPSA) is 62.3 Å². The van der Waals surface area contributed by atoms with Crippen molar-refractivity contribution in [1.29, 1.82) is 0 Å². The van der Waals surface area contributed by atoms with Gasteiger partial charge in [0.05, 0.1) is 0 Å². The minimum atomic E-state index is -0.239. The number of nitrogens with one attached hydrogen (secondary N) is 1. The van der Waals surface area contributed by atoms with Crippen molar-refractivity contribution in [2.75, 3.05) is 16.8 Å². The molecule has 0 unspecified atom stereocenters. The third-order valence-electron chi connectivity index (χ3n) is 3.51. The first-order valence-corrected chi connectivity index (χ1v) is 6.78. The Balaban J connectivity index is 1.80. The maximum atomic E-state index is 12.0. The summed E-state index contributed by atoms with van der Waals surface area (Å²) >= 11 is 0. The standard InChI is InChI=1S/C16H15N3O2/c1-11(20)19-9-7-12-10-13(5-6-15(12)19)18-16(21)14-4-2-3-8-17-14/h2-6,8,10H,7,9H2,1H3,(H,18,21). The van der Waals surface area contributed by atoms with Crippen molar-refractivity contribution in [3.63, 3.8) is 0 Å². The lowest BCUT2D eigenvalue weighted by Gasteiger charge is -2.15. The zero-order chi connectivity index (χ0) is 14.8. The number of carbonyl (C=O) groups is 2. The molecule has 2 heterocycles. The van der Waals surface area contributed by atoms with E-state index < -0.39 is 0 Å². The highest BCUT2D eigenvalue weighted by Gasteiger charge is 2.22. The predicted octanol–water partition coefficient (Wildman–Crippen LogP) is 2.24. The van der Waals surface area contributed by atoms with Gasteiger partial charge in [-0.3, -0.25) is 14.6 Å². The van der Waals surface area contributed by atoms with Gasteiger partial charge in [0.1, 0.15) is 5.69 Å². The van der Waals surface area contributed by atoms with Crippen LogP contribution in [0.4, 0.5) is 11.4 Å². The molecule has 0 saturated carbocycles. The summed E-state index contributed by atoms with van der Waals surface area (Å²) in [6.07, 6.45) is 2.39. The van der Waals surface area contributed by atoms with E-state index in [4.69, 9.17) is 0 Å². The van der Waals surface area contributed by atoms with Crippen molar-refractivity contribution in [3.8, 4) is 0 Å². The zero-order valence-corrected chi connectivity index (χ0v) is 11.7. The Morgan fingerprint density at radius 2 is 2.10 bits per heavy atom. The minimum Gasteiger partial charge on any atom is -0.321 e. The molecule has 1 aliphatic heterocycles. The second-order valence-electron chi connectivity index (χ2n) is 4.93. The summed E-state index contributed by atoms with van der Waals surface area (Å²) in [5.74, 6) is -0.198. The lowest BCUT2D eigenvalue weighted by atomic mass is 10.1. The summed E-state index contributed by atoms with van der Waals surface area (Å²) in [4.78, 5) is 29.3. The summed E-state index contributed by atoms with van der Waals surface area (Å²) in [6, 6.07) is 10.8. The number of carbonyl (C=O) groups excluding carboxylic acids is 2. The monoisotopic (exact) mass is 281 g/mol. The molecule has 0 spiro atoms. The SMILES string of the molecule is CC(=O)N1CCc2cc(NC(=O)c3ccccn3)ccc21. The minimum absolute atomic E-state index is 0.0408. The largest absolute Gasteiger partial charge is 0.321 e. The molecule has 0 bridgehead atoms. The van der Waals surface area contributed by atoms with Gasteiger partial charge in [-0.25, -0.2) is 0 Å². The molecule has 21 heavy (non-hydrogen) atoms. The Kier molecular flexibility index (Phi) is 3.39. The molecule has 3 rings (SSSR count). The van der Waals surface area contributed by atoms with Gasteiger partial charge >= 0.3 is 0 Å². The Morgan fingerprint density at radius 1 is 1.24 bits per heavy atom. The number of hydrogen-bond donors (Lipinski definition) is 1. The molecule has 5 heteroatoms. The summed E-state index contributed by atoms with van der Waals surface area (Å²) in [5.41, 5.74) is 3.10. The summed E-state index contributed by atoms with van der Waals surface area (Å²) < 4.78 is 0. The van der Waals surface area contributed by atoms with Crippen molar-refractivity contribution in [2.45, 2.75) is 13.3 Å². The van der Waals surface area contributed by atoms with E-state index in [1.807, 2.05) is 12.1 Å². The molecule has 0 atom stereocenters. The third kappa shape index (κ3) is 2.63. The quantitative estimate of drug-likeness (QED) is 0.918. The highest BCUT2D eigenvalue weighted by molar-refractivity contribution is 6.03. The van der Waals surface area contributed by atoms with Crippen LogP contribution in [0.15, 0.2) is 42.6 Å². The molecule has 0 aliphatic carbocycles. The maximum absolute atomic E-state index is 12.0. The molecule has 2 amide bonds. The van der Waals surface area contributed by atoms with E-state index in [0.29, 0.717) is 12.2 Å². The van der Waals surface area contributed by atoms with E-state index in [-0.39, 0.29) is 11.8 Å². The van der Waals surface area contributed by atoms with E-state index in [1.165, 1.54) is 0 Å². The van der Waals surface area contributed by atoms with Crippen molar-refractivity contribution < 1.29 is 9.59 Å². The van der Waals surface area contributed by atoms with Crippen molar-refractivity contribution in [3.05, 3.63) is 53.9 Å². The van der Waals surface area contributed by atoms with Gasteiger partial charge in [-0.2, -0.15) is 0 Å². The molecule has 106 valence electrons. The Labute approximate surface area is 122 Å². The van der Waals surface area contributed by atoms with E-state index in [9.17, 15) is 9.59 Å². The molecule has 0 fully saturated rings. The number of pyridine rings is 1. The van der Waals surface area contributed by atoms with E-state index >= 15 is 0 Å². The fourth-order valence-corrected chi connectivity index (χ4v) is 2.50. The molecule has 0 radical (unpaired) electrons. The van der Waals surface area contributed by atoms with Crippen LogP contribution in [0.25, 0.3) is 0 Å². The average molecular weight is 281 g/mol. The molecule has 1 N–H and O–H groups in total. The molecule has 1 aromatic heterocycles. The van der Waals surface area contributed by atoms with Gasteiger partial charge in [0.2, 0.25) is 5.91 Å². The molecular weight excluding hydrogens is 266 g/mol. The van der Waals surface area contributed by atoms with Gasteiger partial charge in [0.25, 0.3) is 5.91 Å². The number of fused-ring (bicyclic) bond motifs is 1. The third-order valence-corrected chi connectivity index (χ3v) is 3.51. The normalized spacial score (nSPS) is 12.9. The number of amides is 2. The highest BCUT2D eigenvalue weighted by Crippen LogP contribution is 2.30. The van der Waals surface area contributed by atoms with Crippen LogP contribution in [0, 0.1) is 0 Å². The predicted molar refractivity (Wildman–Crippen MR) is 80.4 cm³/mol. The highest BCUT2D eigenvalue weighted by atomic mass is 16.2. The van der Waals surface area contributed by atoms with Gasteiger partial charge in [0, 0.05) is 31.0 Å². The van der Waals surface area contributed by atoms with E-state index in [0.717, 1.165) is 23.4 Å². The van der Waals surface area contributed by atoms with Crippen molar-refractivity contribution >= 4 is 23.2 Å². The smallest absolute Gasteiger partial charge is 0.274 e.